The lowest BCUT2D eigenvalue weighted by Gasteiger charge is -2.26. The molecule has 0 N–H and O–H groups in total. The molecule has 2 heteroatoms. The van der Waals surface area contributed by atoms with Crippen LogP contribution in [0.3, 0.4) is 0 Å². The van der Waals surface area contributed by atoms with Crippen LogP contribution in [0.2, 0.25) is 0 Å². The van der Waals surface area contributed by atoms with Crippen molar-refractivity contribution in [1.82, 2.24) is 9.47 Å². The Bertz CT molecular complexity index is 929. The maximum atomic E-state index is 2.54. The largest absolute Gasteiger partial charge is 0.320 e. The summed E-state index contributed by atoms with van der Waals surface area (Å²) in [6.45, 7) is 9.91. The number of benzene rings is 2. The Morgan fingerprint density at radius 1 is 1.00 bits per heavy atom. The van der Waals surface area contributed by atoms with Gasteiger partial charge >= 0.3 is 0 Å². The molecule has 3 aromatic rings. The number of hydrogen-bond acceptors (Lipinski definition) is 1. The molecule has 0 fully saturated rings. The van der Waals surface area contributed by atoms with Crippen molar-refractivity contribution < 1.29 is 0 Å². The fourth-order valence-electron chi connectivity index (χ4n) is 3.84. The molecule has 0 atom stereocenters. The van der Waals surface area contributed by atoms with Gasteiger partial charge in [-0.25, -0.2) is 0 Å². The van der Waals surface area contributed by atoms with Crippen LogP contribution in [0, 0.1) is 13.8 Å². The van der Waals surface area contributed by atoms with Crippen LogP contribution in [0.4, 0.5) is 0 Å². The van der Waals surface area contributed by atoms with E-state index >= 15 is 0 Å². The summed E-state index contributed by atoms with van der Waals surface area (Å²) in [6.07, 6.45) is 5.60. The average molecular weight is 330 g/mol. The Balaban J connectivity index is 1.82. The van der Waals surface area contributed by atoms with E-state index in [1.165, 1.54) is 38.9 Å². The highest BCUT2D eigenvalue weighted by Crippen LogP contribution is 2.32. The van der Waals surface area contributed by atoms with Crippen LogP contribution in [0.25, 0.3) is 23.2 Å². The fraction of sp³-hybridized carbons (Fsp3) is 0.304. The third-order valence-electron chi connectivity index (χ3n) is 5.36. The summed E-state index contributed by atoms with van der Waals surface area (Å²) >= 11 is 0. The van der Waals surface area contributed by atoms with Crippen LogP contribution >= 0.6 is 0 Å². The minimum absolute atomic E-state index is 1.07. The molecule has 0 unspecified atom stereocenters. The van der Waals surface area contributed by atoms with Crippen molar-refractivity contribution >= 4 is 23.2 Å². The highest BCUT2D eigenvalue weighted by atomic mass is 15.1. The van der Waals surface area contributed by atoms with Crippen molar-refractivity contribution in [3.8, 4) is 0 Å². The van der Waals surface area contributed by atoms with Gasteiger partial charge in [0.15, 0.2) is 0 Å². The maximum Gasteiger partial charge on any atom is 0.0528 e. The number of rotatable bonds is 3. The highest BCUT2D eigenvalue weighted by Gasteiger charge is 2.22. The van der Waals surface area contributed by atoms with E-state index in [1.807, 2.05) is 0 Å². The van der Waals surface area contributed by atoms with Crippen LogP contribution in [0.1, 0.15) is 34.9 Å². The van der Waals surface area contributed by atoms with Gasteiger partial charge in [-0.1, -0.05) is 48.4 Å². The number of nitrogens with zero attached hydrogens (tertiary/aromatic N) is 2. The summed E-state index contributed by atoms with van der Waals surface area (Å²) in [5.41, 5.74) is 8.21. The first-order valence-electron chi connectivity index (χ1n) is 9.25. The molecule has 2 heterocycles. The van der Waals surface area contributed by atoms with Gasteiger partial charge in [-0.3, -0.25) is 4.90 Å². The summed E-state index contributed by atoms with van der Waals surface area (Å²) in [4.78, 5) is 2.54. The van der Waals surface area contributed by atoms with Gasteiger partial charge in [-0.05, 0) is 49.7 Å². The summed E-state index contributed by atoms with van der Waals surface area (Å²) in [5.74, 6) is 0. The number of likely N-dealkylation sites (N-methyl/N-ethyl adjacent to an activating group) is 1. The minimum atomic E-state index is 1.07. The molecular weight excluding hydrogens is 304 g/mol. The lowest BCUT2D eigenvalue weighted by atomic mass is 10.0. The molecular formula is C23H26N2. The van der Waals surface area contributed by atoms with E-state index in [-0.39, 0.29) is 0 Å². The first kappa shape index (κ1) is 16.2. The first-order valence-corrected chi connectivity index (χ1v) is 9.25. The van der Waals surface area contributed by atoms with Gasteiger partial charge in [0, 0.05) is 36.8 Å². The van der Waals surface area contributed by atoms with Crippen LogP contribution in [0.5, 0.6) is 0 Å². The molecule has 25 heavy (non-hydrogen) atoms. The Morgan fingerprint density at radius 2 is 1.76 bits per heavy atom. The standard InChI is InChI=1S/C23H26N2/c1-4-24-13-12-23-21(16-24)20-15-18(3)7-10-22(20)25(23)14-11-19-8-5-17(2)6-9-19/h5-11,14-15H,4,12-13,16H2,1-3H3/b14-11+. The molecule has 0 spiro atoms. The molecule has 0 radical (unpaired) electrons. The summed E-state index contributed by atoms with van der Waals surface area (Å²) in [7, 11) is 0. The van der Waals surface area contributed by atoms with Gasteiger partial charge < -0.3 is 4.57 Å². The lowest BCUT2D eigenvalue weighted by molar-refractivity contribution is 0.267. The smallest absolute Gasteiger partial charge is 0.0528 e. The quantitative estimate of drug-likeness (QED) is 0.635. The summed E-state index contributed by atoms with van der Waals surface area (Å²) in [5, 5.41) is 1.42. The highest BCUT2D eigenvalue weighted by molar-refractivity contribution is 5.89. The van der Waals surface area contributed by atoms with E-state index < -0.39 is 0 Å². The Morgan fingerprint density at radius 3 is 2.52 bits per heavy atom. The molecule has 128 valence electrons. The zero-order valence-corrected chi connectivity index (χ0v) is 15.4. The number of aryl methyl sites for hydroxylation is 2. The van der Waals surface area contributed by atoms with Gasteiger partial charge in [0.05, 0.1) is 5.52 Å². The first-order chi connectivity index (χ1) is 12.2. The summed E-state index contributed by atoms with van der Waals surface area (Å²) in [6, 6.07) is 15.6. The molecule has 2 aromatic carbocycles. The number of hydrogen-bond donors (Lipinski definition) is 0. The molecule has 1 aromatic heterocycles. The molecule has 4 rings (SSSR count). The van der Waals surface area contributed by atoms with Crippen LogP contribution in [-0.4, -0.2) is 22.6 Å². The van der Waals surface area contributed by atoms with Gasteiger partial charge in [0.25, 0.3) is 0 Å². The normalized spacial score (nSPS) is 15.2. The molecule has 2 nitrogen and oxygen atoms in total. The van der Waals surface area contributed by atoms with E-state index in [0.29, 0.717) is 0 Å². The Hall–Kier alpha value is -2.32. The molecule has 1 aliphatic rings. The number of fused-ring (bicyclic) bond motifs is 3. The van der Waals surface area contributed by atoms with E-state index in [0.717, 1.165) is 26.1 Å². The molecule has 0 aliphatic carbocycles. The van der Waals surface area contributed by atoms with Gasteiger partial charge in [0.2, 0.25) is 0 Å². The monoisotopic (exact) mass is 330 g/mol. The van der Waals surface area contributed by atoms with Gasteiger partial charge in [-0.15, -0.1) is 0 Å². The predicted octanol–water partition coefficient (Wildman–Crippen LogP) is 5.26. The van der Waals surface area contributed by atoms with E-state index in [2.05, 4.69) is 85.0 Å². The van der Waals surface area contributed by atoms with Crippen LogP contribution in [-0.2, 0) is 13.0 Å². The fourth-order valence-corrected chi connectivity index (χ4v) is 3.84. The third-order valence-corrected chi connectivity index (χ3v) is 5.36. The molecule has 0 saturated heterocycles. The van der Waals surface area contributed by atoms with Crippen molar-refractivity contribution in [2.24, 2.45) is 0 Å². The second-order valence-corrected chi connectivity index (χ2v) is 7.16. The van der Waals surface area contributed by atoms with E-state index in [4.69, 9.17) is 0 Å². The Labute approximate surface area is 150 Å². The molecule has 0 bridgehead atoms. The van der Waals surface area contributed by atoms with Crippen molar-refractivity contribution in [3.05, 3.63) is 70.4 Å². The third kappa shape index (κ3) is 3.03. The maximum absolute atomic E-state index is 2.54. The average Bonchev–Trinajstić information content (AvgIpc) is 2.93. The Kier molecular flexibility index (Phi) is 4.22. The predicted molar refractivity (Wildman–Crippen MR) is 108 cm³/mol. The van der Waals surface area contributed by atoms with E-state index in [9.17, 15) is 0 Å². The van der Waals surface area contributed by atoms with Crippen LogP contribution < -0.4 is 0 Å². The van der Waals surface area contributed by atoms with Crippen molar-refractivity contribution in [3.63, 3.8) is 0 Å². The minimum Gasteiger partial charge on any atom is -0.320 e. The van der Waals surface area contributed by atoms with Crippen molar-refractivity contribution in [1.29, 1.82) is 0 Å². The molecule has 0 saturated carbocycles. The SMILES string of the molecule is CCN1CCc2c(c3cc(C)ccc3n2/C=C/c2ccc(C)cc2)C1. The molecule has 0 amide bonds. The van der Waals surface area contributed by atoms with E-state index in [1.54, 1.807) is 0 Å². The van der Waals surface area contributed by atoms with Gasteiger partial charge in [0.1, 0.15) is 0 Å². The lowest BCUT2D eigenvalue weighted by Crippen LogP contribution is -2.30. The van der Waals surface area contributed by atoms with Crippen LogP contribution in [0.15, 0.2) is 42.5 Å². The zero-order chi connectivity index (χ0) is 17.4. The summed E-state index contributed by atoms with van der Waals surface area (Å²) < 4.78 is 2.41. The second-order valence-electron chi connectivity index (χ2n) is 7.16. The van der Waals surface area contributed by atoms with Crippen molar-refractivity contribution in [2.45, 2.75) is 33.7 Å². The van der Waals surface area contributed by atoms with Gasteiger partial charge in [-0.2, -0.15) is 0 Å². The van der Waals surface area contributed by atoms with Crippen molar-refractivity contribution in [2.75, 3.05) is 13.1 Å². The molecule has 1 aliphatic heterocycles. The zero-order valence-electron chi connectivity index (χ0n) is 15.4. The number of aromatic nitrogens is 1. The topological polar surface area (TPSA) is 8.17 Å². The second kappa shape index (κ2) is 6.53.